The van der Waals surface area contributed by atoms with Crippen LogP contribution in [0, 0.1) is 5.92 Å². The fourth-order valence-corrected chi connectivity index (χ4v) is 5.87. The molecule has 1 atom stereocenters. The van der Waals surface area contributed by atoms with Gasteiger partial charge in [0.1, 0.15) is 0 Å². The molecule has 0 spiro atoms. The van der Waals surface area contributed by atoms with Gasteiger partial charge in [0.05, 0.1) is 6.10 Å². The Balaban J connectivity index is 0.00000190. The molecule has 0 radical (unpaired) electrons. The largest absolute Gasteiger partial charge is 0.388 e. The predicted octanol–water partition coefficient (Wildman–Crippen LogP) is 7.20. The van der Waals surface area contributed by atoms with E-state index in [4.69, 9.17) is 0 Å². The fourth-order valence-electron chi connectivity index (χ4n) is 5.87. The summed E-state index contributed by atoms with van der Waals surface area (Å²) in [7, 11) is 0. The summed E-state index contributed by atoms with van der Waals surface area (Å²) in [6.45, 7) is 6.51. The molecule has 1 N–H and O–H groups in total. The monoisotopic (exact) mass is 540 g/mol. The average molecular weight is 542 g/mol. The SMILES string of the molecule is Cl.Cl.OC(CCC1CCN(Cc2ccccc2)CC1)c1ccc2c(c1)CN(Cc1ccccc1)CCC2. The summed E-state index contributed by atoms with van der Waals surface area (Å²) in [4.78, 5) is 5.14. The maximum Gasteiger partial charge on any atom is 0.0790 e. The number of piperidine rings is 1. The Morgan fingerprint density at radius 2 is 1.35 bits per heavy atom. The first-order valence-corrected chi connectivity index (χ1v) is 13.6. The fraction of sp³-hybridized carbons (Fsp3) is 0.438. The van der Waals surface area contributed by atoms with Gasteiger partial charge in [0.25, 0.3) is 0 Å². The van der Waals surface area contributed by atoms with Gasteiger partial charge in [0, 0.05) is 19.6 Å². The number of fused-ring (bicyclic) bond motifs is 1. The minimum absolute atomic E-state index is 0. The Morgan fingerprint density at radius 1 is 0.730 bits per heavy atom. The molecule has 1 saturated heterocycles. The summed E-state index contributed by atoms with van der Waals surface area (Å²) in [6.07, 6.45) is 6.47. The maximum absolute atomic E-state index is 11.0. The van der Waals surface area contributed by atoms with Crippen molar-refractivity contribution in [2.45, 2.75) is 64.3 Å². The number of rotatable bonds is 8. The lowest BCUT2D eigenvalue weighted by Gasteiger charge is -2.32. The highest BCUT2D eigenvalue weighted by Gasteiger charge is 2.21. The van der Waals surface area contributed by atoms with Gasteiger partial charge in [-0.15, -0.1) is 24.8 Å². The van der Waals surface area contributed by atoms with Crippen molar-refractivity contribution in [2.24, 2.45) is 5.92 Å². The van der Waals surface area contributed by atoms with Crippen molar-refractivity contribution in [2.75, 3.05) is 19.6 Å². The number of benzene rings is 3. The van der Waals surface area contributed by atoms with Gasteiger partial charge in [-0.05, 0) is 91.9 Å². The zero-order chi connectivity index (χ0) is 23.9. The van der Waals surface area contributed by atoms with E-state index >= 15 is 0 Å². The zero-order valence-corrected chi connectivity index (χ0v) is 23.4. The molecule has 0 aliphatic carbocycles. The average Bonchev–Trinajstić information content (AvgIpc) is 3.10. The summed E-state index contributed by atoms with van der Waals surface area (Å²) in [6, 6.07) is 28.3. The Hall–Kier alpha value is -1.88. The molecular formula is C32H42Cl2N2O. The van der Waals surface area contributed by atoms with Gasteiger partial charge in [-0.25, -0.2) is 0 Å². The summed E-state index contributed by atoms with van der Waals surface area (Å²) >= 11 is 0. The molecule has 200 valence electrons. The minimum Gasteiger partial charge on any atom is -0.388 e. The number of hydrogen-bond acceptors (Lipinski definition) is 3. The topological polar surface area (TPSA) is 26.7 Å². The molecule has 2 aliphatic heterocycles. The summed E-state index contributed by atoms with van der Waals surface area (Å²) < 4.78 is 0. The first-order valence-electron chi connectivity index (χ1n) is 13.6. The van der Waals surface area contributed by atoms with E-state index in [1.54, 1.807) is 0 Å². The zero-order valence-electron chi connectivity index (χ0n) is 21.8. The van der Waals surface area contributed by atoms with Crippen LogP contribution in [0.25, 0.3) is 0 Å². The first kappa shape index (κ1) is 29.7. The number of nitrogens with zero attached hydrogens (tertiary/aromatic N) is 2. The summed E-state index contributed by atoms with van der Waals surface area (Å²) in [5, 5.41) is 11.0. The van der Waals surface area contributed by atoms with Crippen LogP contribution in [0.15, 0.2) is 78.9 Å². The third kappa shape index (κ3) is 8.56. The molecule has 3 aromatic rings. The molecule has 1 fully saturated rings. The third-order valence-corrected chi connectivity index (χ3v) is 7.98. The Morgan fingerprint density at radius 3 is 2.00 bits per heavy atom. The van der Waals surface area contributed by atoms with Crippen LogP contribution >= 0.6 is 24.8 Å². The van der Waals surface area contributed by atoms with Crippen molar-refractivity contribution in [3.05, 3.63) is 107 Å². The van der Waals surface area contributed by atoms with E-state index in [1.165, 1.54) is 54.6 Å². The highest BCUT2D eigenvalue weighted by Crippen LogP contribution is 2.30. The predicted molar refractivity (Wildman–Crippen MR) is 158 cm³/mol. The van der Waals surface area contributed by atoms with Gasteiger partial charge >= 0.3 is 0 Å². The molecule has 0 bridgehead atoms. The standard InChI is InChI=1S/C32H40N2O.2ClH/c35-32(16-13-26-17-20-33(21-18-26)23-27-8-3-1-4-9-27)30-15-14-29-12-7-19-34(25-31(29)22-30)24-28-10-5-2-6-11-28;;/h1-6,8-11,14-15,22,26,32,35H,7,12-13,16-21,23-25H2;2*1H. The molecule has 3 aromatic carbocycles. The molecular weight excluding hydrogens is 499 g/mol. The number of aliphatic hydroxyl groups is 1. The highest BCUT2D eigenvalue weighted by molar-refractivity contribution is 5.85. The summed E-state index contributed by atoms with van der Waals surface area (Å²) in [5.41, 5.74) is 6.76. The van der Waals surface area contributed by atoms with Gasteiger partial charge < -0.3 is 5.11 Å². The van der Waals surface area contributed by atoms with Crippen LogP contribution in [0.5, 0.6) is 0 Å². The van der Waals surface area contributed by atoms with Gasteiger partial charge in [-0.2, -0.15) is 0 Å². The van der Waals surface area contributed by atoms with E-state index < -0.39 is 0 Å². The normalized spacial score (nSPS) is 17.6. The second-order valence-corrected chi connectivity index (χ2v) is 10.6. The molecule has 2 heterocycles. The summed E-state index contributed by atoms with van der Waals surface area (Å²) in [5.74, 6) is 0.735. The van der Waals surface area contributed by atoms with Gasteiger partial charge in [0.15, 0.2) is 0 Å². The van der Waals surface area contributed by atoms with E-state index in [0.717, 1.165) is 56.9 Å². The molecule has 5 heteroatoms. The van der Waals surface area contributed by atoms with Crippen molar-refractivity contribution >= 4 is 24.8 Å². The maximum atomic E-state index is 11.0. The molecule has 0 aromatic heterocycles. The Kier molecular flexibility index (Phi) is 11.9. The van der Waals surface area contributed by atoms with E-state index in [9.17, 15) is 5.11 Å². The molecule has 3 nitrogen and oxygen atoms in total. The Bertz CT molecular complexity index is 1050. The lowest BCUT2D eigenvalue weighted by atomic mass is 9.89. The number of halogens is 2. The Labute approximate surface area is 235 Å². The van der Waals surface area contributed by atoms with E-state index in [1.807, 2.05) is 0 Å². The number of likely N-dealkylation sites (tertiary alicyclic amines) is 1. The van der Waals surface area contributed by atoms with E-state index in [0.29, 0.717) is 0 Å². The minimum atomic E-state index is -0.353. The van der Waals surface area contributed by atoms with Crippen molar-refractivity contribution in [3.8, 4) is 0 Å². The van der Waals surface area contributed by atoms with Crippen LogP contribution in [0.3, 0.4) is 0 Å². The molecule has 5 rings (SSSR count). The van der Waals surface area contributed by atoms with Crippen LogP contribution in [-0.2, 0) is 26.1 Å². The van der Waals surface area contributed by atoms with Crippen LogP contribution in [0.4, 0.5) is 0 Å². The van der Waals surface area contributed by atoms with Gasteiger partial charge in [0.2, 0.25) is 0 Å². The van der Waals surface area contributed by atoms with Crippen molar-refractivity contribution in [3.63, 3.8) is 0 Å². The van der Waals surface area contributed by atoms with Crippen molar-refractivity contribution in [1.29, 1.82) is 0 Å². The van der Waals surface area contributed by atoms with E-state index in [-0.39, 0.29) is 30.9 Å². The van der Waals surface area contributed by atoms with Gasteiger partial charge in [-0.3, -0.25) is 9.80 Å². The smallest absolute Gasteiger partial charge is 0.0790 e. The van der Waals surface area contributed by atoms with E-state index in [2.05, 4.69) is 88.7 Å². The highest BCUT2D eigenvalue weighted by atomic mass is 35.5. The number of aryl methyl sites for hydroxylation is 1. The molecule has 37 heavy (non-hydrogen) atoms. The molecule has 2 aliphatic rings. The van der Waals surface area contributed by atoms with Crippen molar-refractivity contribution in [1.82, 2.24) is 9.80 Å². The second-order valence-electron chi connectivity index (χ2n) is 10.6. The lowest BCUT2D eigenvalue weighted by Crippen LogP contribution is -2.33. The van der Waals surface area contributed by atoms with Crippen LogP contribution < -0.4 is 0 Å². The molecule has 0 amide bonds. The van der Waals surface area contributed by atoms with Gasteiger partial charge in [-0.1, -0.05) is 78.9 Å². The third-order valence-electron chi connectivity index (χ3n) is 7.98. The molecule has 1 unspecified atom stereocenters. The quantitative estimate of drug-likeness (QED) is 0.327. The van der Waals surface area contributed by atoms with Crippen LogP contribution in [0.2, 0.25) is 0 Å². The van der Waals surface area contributed by atoms with Crippen molar-refractivity contribution < 1.29 is 5.11 Å². The van der Waals surface area contributed by atoms with Crippen LogP contribution in [0.1, 0.15) is 66.0 Å². The number of aliphatic hydroxyl groups excluding tert-OH is 1. The molecule has 0 saturated carbocycles. The lowest BCUT2D eigenvalue weighted by molar-refractivity contribution is 0.132. The first-order chi connectivity index (χ1) is 17.2. The second kappa shape index (κ2) is 14.9. The number of hydrogen-bond donors (Lipinski definition) is 1. The van der Waals surface area contributed by atoms with Crippen LogP contribution in [-0.4, -0.2) is 34.5 Å².